The highest BCUT2D eigenvalue weighted by atomic mass is 79.9. The van der Waals surface area contributed by atoms with Gasteiger partial charge in [-0.25, -0.2) is 4.99 Å². The minimum Gasteiger partial charge on any atom is -0.497 e. The molecule has 0 atom stereocenters. The molecule has 3 aromatic carbocycles. The molecule has 0 unspecified atom stereocenters. The number of amidine groups is 1. The Labute approximate surface area is 221 Å². The van der Waals surface area contributed by atoms with Crippen LogP contribution in [-0.4, -0.2) is 24.8 Å². The second-order valence-corrected chi connectivity index (χ2v) is 9.61. The number of amides is 1. The number of benzene rings is 3. The maximum absolute atomic E-state index is 12.6. The molecule has 0 radical (unpaired) electrons. The number of hydrogen-bond donors (Lipinski definition) is 1. The van der Waals surface area contributed by atoms with Gasteiger partial charge in [0.25, 0.3) is 5.91 Å². The van der Waals surface area contributed by atoms with E-state index in [-0.39, 0.29) is 5.91 Å². The van der Waals surface area contributed by atoms with E-state index in [1.54, 1.807) is 13.2 Å². The summed E-state index contributed by atoms with van der Waals surface area (Å²) in [5, 5.41) is 3.95. The van der Waals surface area contributed by atoms with Crippen LogP contribution in [0.25, 0.3) is 6.08 Å². The predicted octanol–water partition coefficient (Wildman–Crippen LogP) is 6.98. The van der Waals surface area contributed by atoms with Crippen LogP contribution in [0.15, 0.2) is 75.0 Å². The number of ether oxygens (including phenoxy) is 3. The Hall–Kier alpha value is -2.94. The molecule has 1 N–H and O–H groups in total. The maximum Gasteiger partial charge on any atom is 0.264 e. The van der Waals surface area contributed by atoms with Gasteiger partial charge in [-0.15, -0.1) is 0 Å². The van der Waals surface area contributed by atoms with Crippen molar-refractivity contribution in [3.05, 3.63) is 86.2 Å². The molecule has 6 nitrogen and oxygen atoms in total. The molecule has 0 spiro atoms. The highest BCUT2D eigenvalue weighted by molar-refractivity contribution is 9.10. The number of nitrogens with one attached hydrogen (secondary N) is 1. The van der Waals surface area contributed by atoms with Crippen molar-refractivity contribution in [2.75, 3.05) is 13.7 Å². The molecular formula is C26H22BrClN2O4S. The van der Waals surface area contributed by atoms with Gasteiger partial charge in [-0.2, -0.15) is 0 Å². The normalized spacial score (nSPS) is 15.4. The van der Waals surface area contributed by atoms with Gasteiger partial charge in [-0.1, -0.05) is 45.7 Å². The summed E-state index contributed by atoms with van der Waals surface area (Å²) in [4.78, 5) is 17.6. The van der Waals surface area contributed by atoms with Gasteiger partial charge in [0, 0.05) is 15.1 Å². The summed E-state index contributed by atoms with van der Waals surface area (Å²) >= 11 is 11.1. The molecule has 1 aliphatic heterocycles. The van der Waals surface area contributed by atoms with Gasteiger partial charge in [-0.3, -0.25) is 4.79 Å². The zero-order valence-electron chi connectivity index (χ0n) is 19.0. The Kier molecular flexibility index (Phi) is 8.38. The van der Waals surface area contributed by atoms with Crippen molar-refractivity contribution in [1.29, 1.82) is 0 Å². The van der Waals surface area contributed by atoms with E-state index in [9.17, 15) is 4.79 Å². The number of rotatable bonds is 8. The van der Waals surface area contributed by atoms with Crippen molar-refractivity contribution in [2.24, 2.45) is 4.99 Å². The number of nitrogens with zero attached hydrogens (tertiary/aromatic N) is 1. The van der Waals surface area contributed by atoms with Gasteiger partial charge in [0.2, 0.25) is 0 Å². The van der Waals surface area contributed by atoms with Crippen LogP contribution in [-0.2, 0) is 11.4 Å². The minimum absolute atomic E-state index is 0.217. The molecule has 1 amide bonds. The van der Waals surface area contributed by atoms with Crippen molar-refractivity contribution in [1.82, 2.24) is 5.32 Å². The molecule has 1 saturated heterocycles. The van der Waals surface area contributed by atoms with Crippen molar-refractivity contribution in [2.45, 2.75) is 13.5 Å². The number of halogens is 2. The van der Waals surface area contributed by atoms with Gasteiger partial charge in [0.05, 0.1) is 24.3 Å². The summed E-state index contributed by atoms with van der Waals surface area (Å²) in [6, 6.07) is 18.5. The third-order valence-electron chi connectivity index (χ3n) is 4.94. The lowest BCUT2D eigenvalue weighted by Crippen LogP contribution is -2.19. The van der Waals surface area contributed by atoms with E-state index in [4.69, 9.17) is 25.8 Å². The lowest BCUT2D eigenvalue weighted by Gasteiger charge is -2.14. The molecule has 1 heterocycles. The summed E-state index contributed by atoms with van der Waals surface area (Å²) in [6.07, 6.45) is 1.79. The molecule has 1 aliphatic rings. The first kappa shape index (κ1) is 25.2. The van der Waals surface area contributed by atoms with E-state index < -0.39 is 0 Å². The average Bonchev–Trinajstić information content (AvgIpc) is 3.19. The summed E-state index contributed by atoms with van der Waals surface area (Å²) in [6.45, 7) is 2.67. The van der Waals surface area contributed by atoms with Gasteiger partial charge in [-0.05, 0) is 72.8 Å². The molecule has 1 fully saturated rings. The van der Waals surface area contributed by atoms with Gasteiger partial charge in [0.1, 0.15) is 12.4 Å². The first-order chi connectivity index (χ1) is 17.0. The zero-order valence-corrected chi connectivity index (χ0v) is 22.2. The molecule has 0 aromatic heterocycles. The van der Waals surface area contributed by atoms with Crippen molar-refractivity contribution >= 4 is 62.1 Å². The van der Waals surface area contributed by atoms with E-state index >= 15 is 0 Å². The number of aliphatic imine (C=N–C) groups is 1. The smallest absolute Gasteiger partial charge is 0.264 e. The Morgan fingerprint density at radius 2 is 1.83 bits per heavy atom. The summed E-state index contributed by atoms with van der Waals surface area (Å²) in [5.74, 6) is 1.68. The van der Waals surface area contributed by atoms with Gasteiger partial charge >= 0.3 is 0 Å². The number of methoxy groups -OCH3 is 1. The Bertz CT molecular complexity index is 1300. The monoisotopic (exact) mass is 572 g/mol. The van der Waals surface area contributed by atoms with Gasteiger partial charge in [0.15, 0.2) is 16.7 Å². The van der Waals surface area contributed by atoms with Crippen LogP contribution in [0.4, 0.5) is 5.69 Å². The van der Waals surface area contributed by atoms with Crippen LogP contribution >= 0.6 is 39.3 Å². The van der Waals surface area contributed by atoms with E-state index in [0.717, 1.165) is 27.0 Å². The van der Waals surface area contributed by atoms with Crippen molar-refractivity contribution < 1.29 is 19.0 Å². The largest absolute Gasteiger partial charge is 0.497 e. The molecule has 35 heavy (non-hydrogen) atoms. The number of hydrogen-bond acceptors (Lipinski definition) is 6. The second kappa shape index (κ2) is 11.7. The van der Waals surface area contributed by atoms with Crippen LogP contribution in [0.3, 0.4) is 0 Å². The first-order valence-corrected chi connectivity index (χ1v) is 12.7. The standard InChI is InChI=1S/C26H22BrClN2O4S/c1-3-33-22-12-17(20(27)14-23(22)34-15-16-6-4-5-7-21(16)28)13-24-25(31)30-26(35-24)29-18-8-10-19(32-2)11-9-18/h4-14H,3,15H2,1-2H3,(H,29,30,31)/b24-13+. The van der Waals surface area contributed by atoms with Gasteiger partial charge < -0.3 is 19.5 Å². The molecule has 9 heteroatoms. The lowest BCUT2D eigenvalue weighted by atomic mass is 10.1. The van der Waals surface area contributed by atoms with Crippen LogP contribution < -0.4 is 19.5 Å². The predicted molar refractivity (Wildman–Crippen MR) is 145 cm³/mol. The fraction of sp³-hybridized carbons (Fsp3) is 0.154. The maximum atomic E-state index is 12.6. The molecular weight excluding hydrogens is 552 g/mol. The highest BCUT2D eigenvalue weighted by Gasteiger charge is 2.24. The summed E-state index contributed by atoms with van der Waals surface area (Å²) < 4.78 is 17.8. The van der Waals surface area contributed by atoms with E-state index in [2.05, 4.69) is 26.2 Å². The van der Waals surface area contributed by atoms with Crippen LogP contribution in [0, 0.1) is 0 Å². The summed E-state index contributed by atoms with van der Waals surface area (Å²) in [5.41, 5.74) is 2.37. The van der Waals surface area contributed by atoms with Crippen molar-refractivity contribution in [3.8, 4) is 17.2 Å². The molecule has 180 valence electrons. The zero-order chi connectivity index (χ0) is 24.8. The van der Waals surface area contributed by atoms with Crippen LogP contribution in [0.2, 0.25) is 5.02 Å². The molecule has 0 saturated carbocycles. The minimum atomic E-state index is -0.217. The SMILES string of the molecule is CCOc1cc(/C=C2/SC(=Nc3ccc(OC)cc3)NC2=O)c(Br)cc1OCc1ccccc1Cl. The first-order valence-electron chi connectivity index (χ1n) is 10.7. The third-order valence-corrected chi connectivity index (χ3v) is 6.91. The molecule has 0 aliphatic carbocycles. The topological polar surface area (TPSA) is 69.2 Å². The van der Waals surface area contributed by atoms with Crippen molar-refractivity contribution in [3.63, 3.8) is 0 Å². The van der Waals surface area contributed by atoms with E-state index in [1.165, 1.54) is 11.8 Å². The fourth-order valence-electron chi connectivity index (χ4n) is 3.21. The molecule has 3 aromatic rings. The number of thioether (sulfide) groups is 1. The molecule has 4 rings (SSSR count). The fourth-order valence-corrected chi connectivity index (χ4v) is 4.67. The second-order valence-electron chi connectivity index (χ2n) is 7.31. The number of carbonyl (C=O) groups is 1. The summed E-state index contributed by atoms with van der Waals surface area (Å²) in [7, 11) is 1.61. The highest BCUT2D eigenvalue weighted by Crippen LogP contribution is 2.37. The Morgan fingerprint density at radius 1 is 1.09 bits per heavy atom. The quantitative estimate of drug-likeness (QED) is 0.295. The average molecular weight is 574 g/mol. The van der Waals surface area contributed by atoms with E-state index in [0.29, 0.717) is 39.8 Å². The van der Waals surface area contributed by atoms with E-state index in [1.807, 2.05) is 67.6 Å². The lowest BCUT2D eigenvalue weighted by molar-refractivity contribution is -0.115. The Morgan fingerprint density at radius 3 is 2.54 bits per heavy atom. The van der Waals surface area contributed by atoms with Crippen LogP contribution in [0.5, 0.6) is 17.2 Å². The molecule has 0 bridgehead atoms. The van der Waals surface area contributed by atoms with Crippen LogP contribution in [0.1, 0.15) is 18.1 Å². The third kappa shape index (κ3) is 6.39. The Balaban J connectivity index is 1.55. The number of carbonyl (C=O) groups excluding carboxylic acids is 1.